The van der Waals surface area contributed by atoms with Crippen molar-refractivity contribution in [3.8, 4) is 0 Å². The number of amides is 1. The number of nitrogens with zero attached hydrogens (tertiary/aromatic N) is 1. The summed E-state index contributed by atoms with van der Waals surface area (Å²) in [5, 5.41) is 0. The molecule has 22 heavy (non-hydrogen) atoms. The zero-order chi connectivity index (χ0) is 15.5. The van der Waals surface area contributed by atoms with Gasteiger partial charge >= 0.3 is 0 Å². The van der Waals surface area contributed by atoms with Crippen LogP contribution in [0.4, 0.5) is 0 Å². The maximum atomic E-state index is 12.7. The van der Waals surface area contributed by atoms with Crippen LogP contribution in [0.3, 0.4) is 0 Å². The molecule has 0 aliphatic carbocycles. The number of ether oxygens (including phenoxy) is 1. The molecule has 1 fully saturated rings. The van der Waals surface area contributed by atoms with E-state index in [1.807, 2.05) is 36.1 Å². The number of benzene rings is 1. The van der Waals surface area contributed by atoms with Crippen LogP contribution in [0.15, 0.2) is 46.9 Å². The SMILES string of the molecule is CO[C@H]1CCN(C(=O)c2ccc(C)o2)[C@H]1Cc1ccccc1. The molecule has 2 atom stereocenters. The van der Waals surface area contributed by atoms with E-state index < -0.39 is 0 Å². The highest BCUT2D eigenvalue weighted by atomic mass is 16.5. The number of hydrogen-bond acceptors (Lipinski definition) is 3. The first-order valence-corrected chi connectivity index (χ1v) is 7.63. The lowest BCUT2D eigenvalue weighted by molar-refractivity contribution is 0.0487. The van der Waals surface area contributed by atoms with Gasteiger partial charge in [0, 0.05) is 13.7 Å². The molecule has 2 heterocycles. The van der Waals surface area contributed by atoms with Gasteiger partial charge in [0.25, 0.3) is 5.91 Å². The van der Waals surface area contributed by atoms with Gasteiger partial charge in [-0.3, -0.25) is 4.79 Å². The van der Waals surface area contributed by atoms with Crippen molar-refractivity contribution in [1.29, 1.82) is 0 Å². The Kier molecular flexibility index (Phi) is 4.29. The molecule has 0 unspecified atom stereocenters. The van der Waals surface area contributed by atoms with Gasteiger partial charge in [0.1, 0.15) is 5.76 Å². The summed E-state index contributed by atoms with van der Waals surface area (Å²) < 4.78 is 11.1. The largest absolute Gasteiger partial charge is 0.456 e. The predicted molar refractivity (Wildman–Crippen MR) is 83.8 cm³/mol. The van der Waals surface area contributed by atoms with Crippen molar-refractivity contribution in [2.75, 3.05) is 13.7 Å². The molecule has 116 valence electrons. The number of carbonyl (C=O) groups excluding carboxylic acids is 1. The van der Waals surface area contributed by atoms with Gasteiger partial charge in [0.2, 0.25) is 0 Å². The summed E-state index contributed by atoms with van der Waals surface area (Å²) in [5.74, 6) is 1.12. The minimum absolute atomic E-state index is 0.0466. The van der Waals surface area contributed by atoms with Crippen molar-refractivity contribution in [2.45, 2.75) is 31.9 Å². The predicted octanol–water partition coefficient (Wildman–Crippen LogP) is 3.06. The fourth-order valence-electron chi connectivity index (χ4n) is 3.14. The lowest BCUT2D eigenvalue weighted by Gasteiger charge is -2.27. The molecule has 1 aliphatic rings. The molecule has 1 amide bonds. The topological polar surface area (TPSA) is 42.7 Å². The fraction of sp³-hybridized carbons (Fsp3) is 0.389. The summed E-state index contributed by atoms with van der Waals surface area (Å²) in [6.07, 6.45) is 1.73. The monoisotopic (exact) mass is 299 g/mol. The van der Waals surface area contributed by atoms with Crippen LogP contribution in [-0.4, -0.2) is 36.6 Å². The second-order valence-corrected chi connectivity index (χ2v) is 5.73. The van der Waals surface area contributed by atoms with Gasteiger partial charge in [-0.2, -0.15) is 0 Å². The molecule has 2 aromatic rings. The number of methoxy groups -OCH3 is 1. The lowest BCUT2D eigenvalue weighted by Crippen LogP contribution is -2.41. The van der Waals surface area contributed by atoms with Crippen molar-refractivity contribution in [3.05, 3.63) is 59.5 Å². The van der Waals surface area contributed by atoms with Crippen molar-refractivity contribution in [1.82, 2.24) is 4.90 Å². The number of aryl methyl sites for hydroxylation is 1. The molecule has 1 saturated heterocycles. The van der Waals surface area contributed by atoms with E-state index in [4.69, 9.17) is 9.15 Å². The van der Waals surface area contributed by atoms with E-state index in [2.05, 4.69) is 12.1 Å². The number of carbonyl (C=O) groups is 1. The third-order valence-corrected chi connectivity index (χ3v) is 4.29. The molecular weight excluding hydrogens is 278 g/mol. The van der Waals surface area contributed by atoms with Crippen LogP contribution in [0.25, 0.3) is 0 Å². The molecule has 0 radical (unpaired) electrons. The Balaban J connectivity index is 1.81. The van der Waals surface area contributed by atoms with E-state index >= 15 is 0 Å². The molecule has 0 bridgehead atoms. The summed E-state index contributed by atoms with van der Waals surface area (Å²) in [4.78, 5) is 14.6. The zero-order valence-corrected chi connectivity index (χ0v) is 13.0. The van der Waals surface area contributed by atoms with Crippen LogP contribution in [0, 0.1) is 6.92 Å². The highest BCUT2D eigenvalue weighted by Crippen LogP contribution is 2.26. The van der Waals surface area contributed by atoms with Crippen LogP contribution >= 0.6 is 0 Å². The van der Waals surface area contributed by atoms with Gasteiger partial charge in [0.15, 0.2) is 5.76 Å². The highest BCUT2D eigenvalue weighted by Gasteiger charge is 2.38. The van der Waals surface area contributed by atoms with Gasteiger partial charge in [-0.15, -0.1) is 0 Å². The molecule has 3 rings (SSSR count). The summed E-state index contributed by atoms with van der Waals surface area (Å²) in [7, 11) is 1.72. The smallest absolute Gasteiger partial charge is 0.289 e. The summed E-state index contributed by atoms with van der Waals surface area (Å²) in [5.41, 5.74) is 1.21. The van der Waals surface area contributed by atoms with E-state index in [1.165, 1.54) is 5.56 Å². The van der Waals surface area contributed by atoms with Crippen molar-refractivity contribution in [3.63, 3.8) is 0 Å². The number of rotatable bonds is 4. The third kappa shape index (κ3) is 2.92. The Morgan fingerprint density at radius 1 is 1.27 bits per heavy atom. The normalized spacial score (nSPS) is 21.3. The van der Waals surface area contributed by atoms with E-state index in [1.54, 1.807) is 13.2 Å². The second-order valence-electron chi connectivity index (χ2n) is 5.73. The Hall–Kier alpha value is -2.07. The maximum absolute atomic E-state index is 12.7. The maximum Gasteiger partial charge on any atom is 0.289 e. The van der Waals surface area contributed by atoms with Gasteiger partial charge in [0.05, 0.1) is 12.1 Å². The first kappa shape index (κ1) is 14.9. The lowest BCUT2D eigenvalue weighted by atomic mass is 10.0. The van der Waals surface area contributed by atoms with Crippen LogP contribution in [0.2, 0.25) is 0 Å². The van der Waals surface area contributed by atoms with Gasteiger partial charge in [-0.1, -0.05) is 30.3 Å². The van der Waals surface area contributed by atoms with E-state index in [9.17, 15) is 4.79 Å². The molecule has 1 aliphatic heterocycles. The minimum Gasteiger partial charge on any atom is -0.456 e. The molecular formula is C18H21NO3. The molecule has 4 nitrogen and oxygen atoms in total. The number of likely N-dealkylation sites (tertiary alicyclic amines) is 1. The van der Waals surface area contributed by atoms with Crippen molar-refractivity contribution in [2.24, 2.45) is 0 Å². The highest BCUT2D eigenvalue weighted by molar-refractivity contribution is 5.92. The van der Waals surface area contributed by atoms with E-state index in [0.717, 1.165) is 18.6 Å². The van der Waals surface area contributed by atoms with Crippen LogP contribution in [0.1, 0.15) is 28.3 Å². The van der Waals surface area contributed by atoms with Crippen LogP contribution in [0.5, 0.6) is 0 Å². The average Bonchev–Trinajstić information content (AvgIpc) is 3.14. The van der Waals surface area contributed by atoms with Crippen molar-refractivity contribution >= 4 is 5.91 Å². The van der Waals surface area contributed by atoms with Gasteiger partial charge in [-0.25, -0.2) is 0 Å². The third-order valence-electron chi connectivity index (χ3n) is 4.29. The number of furan rings is 1. The molecule has 4 heteroatoms. The Bertz CT molecular complexity index is 635. The summed E-state index contributed by atoms with van der Waals surface area (Å²) in [6, 6.07) is 13.8. The average molecular weight is 299 g/mol. The standard InChI is InChI=1S/C18H21NO3/c1-13-8-9-17(22-13)18(20)19-11-10-16(21-2)15(19)12-14-6-4-3-5-7-14/h3-9,15-16H,10-12H2,1-2H3/t15-,16-/m0/s1. The minimum atomic E-state index is -0.0476. The zero-order valence-electron chi connectivity index (χ0n) is 13.0. The summed E-state index contributed by atoms with van der Waals surface area (Å²) >= 11 is 0. The Morgan fingerprint density at radius 2 is 2.05 bits per heavy atom. The number of hydrogen-bond donors (Lipinski definition) is 0. The molecule has 0 spiro atoms. The molecule has 1 aromatic heterocycles. The second kappa shape index (κ2) is 6.36. The summed E-state index contributed by atoms with van der Waals surface area (Å²) in [6.45, 7) is 2.55. The quantitative estimate of drug-likeness (QED) is 0.871. The first-order chi connectivity index (χ1) is 10.7. The van der Waals surface area contributed by atoms with Crippen molar-refractivity contribution < 1.29 is 13.9 Å². The Labute approximate surface area is 130 Å². The van der Waals surface area contributed by atoms with Gasteiger partial charge in [-0.05, 0) is 37.5 Å². The van der Waals surface area contributed by atoms with Crippen LogP contribution in [-0.2, 0) is 11.2 Å². The van der Waals surface area contributed by atoms with E-state index in [0.29, 0.717) is 12.3 Å². The molecule has 1 aromatic carbocycles. The van der Waals surface area contributed by atoms with E-state index in [-0.39, 0.29) is 18.1 Å². The van der Waals surface area contributed by atoms with Gasteiger partial charge < -0.3 is 14.1 Å². The molecule has 0 saturated carbocycles. The Morgan fingerprint density at radius 3 is 2.68 bits per heavy atom. The first-order valence-electron chi connectivity index (χ1n) is 7.63. The fourth-order valence-corrected chi connectivity index (χ4v) is 3.14. The molecule has 0 N–H and O–H groups in total. The van der Waals surface area contributed by atoms with Crippen LogP contribution < -0.4 is 0 Å².